The van der Waals surface area contributed by atoms with Crippen molar-refractivity contribution in [3.8, 4) is 6.07 Å². The third-order valence-corrected chi connectivity index (χ3v) is 2.77. The first kappa shape index (κ1) is 9.94. The van der Waals surface area contributed by atoms with Crippen LogP contribution < -0.4 is 10.2 Å². The van der Waals surface area contributed by atoms with E-state index >= 15 is 0 Å². The second kappa shape index (κ2) is 4.28. The molecule has 0 aliphatic carbocycles. The molecule has 4 nitrogen and oxygen atoms in total. The van der Waals surface area contributed by atoms with Gasteiger partial charge in [0, 0.05) is 19.1 Å². The van der Waals surface area contributed by atoms with Gasteiger partial charge in [-0.15, -0.1) is 0 Å². The minimum Gasteiger partial charge on any atom is -0.355 e. The van der Waals surface area contributed by atoms with Crippen molar-refractivity contribution in [2.75, 3.05) is 25.0 Å². The van der Waals surface area contributed by atoms with Gasteiger partial charge in [-0.1, -0.05) is 6.07 Å². The average molecular weight is 202 g/mol. The fourth-order valence-electron chi connectivity index (χ4n) is 1.87. The Morgan fingerprint density at radius 2 is 2.47 bits per heavy atom. The Balaban J connectivity index is 2.14. The van der Waals surface area contributed by atoms with Crippen LogP contribution in [0.15, 0.2) is 18.2 Å². The summed E-state index contributed by atoms with van der Waals surface area (Å²) in [4.78, 5) is 6.49. The molecule has 1 atom stereocenters. The minimum absolute atomic E-state index is 0.486. The molecule has 4 heteroatoms. The molecule has 0 aromatic carbocycles. The number of aromatic nitrogens is 1. The zero-order valence-corrected chi connectivity index (χ0v) is 8.77. The largest absolute Gasteiger partial charge is 0.355 e. The van der Waals surface area contributed by atoms with E-state index in [2.05, 4.69) is 21.3 Å². The van der Waals surface area contributed by atoms with Crippen molar-refractivity contribution in [1.82, 2.24) is 10.3 Å². The van der Waals surface area contributed by atoms with Gasteiger partial charge in [0.25, 0.3) is 0 Å². The summed E-state index contributed by atoms with van der Waals surface area (Å²) in [5.41, 5.74) is 0.486. The quantitative estimate of drug-likeness (QED) is 0.769. The zero-order chi connectivity index (χ0) is 10.7. The molecule has 1 saturated heterocycles. The molecule has 1 N–H and O–H groups in total. The highest BCUT2D eigenvalue weighted by molar-refractivity contribution is 5.42. The third kappa shape index (κ3) is 2.08. The van der Waals surface area contributed by atoms with Gasteiger partial charge in [0.05, 0.1) is 0 Å². The van der Waals surface area contributed by atoms with Gasteiger partial charge in [0.15, 0.2) is 0 Å². The van der Waals surface area contributed by atoms with Gasteiger partial charge in [-0.25, -0.2) is 4.98 Å². The van der Waals surface area contributed by atoms with E-state index < -0.39 is 0 Å². The first-order valence-electron chi connectivity index (χ1n) is 5.13. The van der Waals surface area contributed by atoms with Crippen molar-refractivity contribution in [2.24, 2.45) is 0 Å². The Morgan fingerprint density at radius 1 is 1.60 bits per heavy atom. The maximum absolute atomic E-state index is 8.76. The Bertz CT molecular complexity index is 382. The predicted molar refractivity (Wildman–Crippen MR) is 58.6 cm³/mol. The van der Waals surface area contributed by atoms with Crippen LogP contribution >= 0.6 is 0 Å². The van der Waals surface area contributed by atoms with E-state index in [4.69, 9.17) is 5.26 Å². The number of nitrogens with one attached hydrogen (secondary N) is 1. The van der Waals surface area contributed by atoms with Gasteiger partial charge in [-0.3, -0.25) is 0 Å². The normalized spacial score (nSPS) is 20.3. The molecule has 0 bridgehead atoms. The summed E-state index contributed by atoms with van der Waals surface area (Å²) >= 11 is 0. The maximum Gasteiger partial charge on any atom is 0.142 e. The molecule has 1 unspecified atom stereocenters. The fraction of sp³-hybridized carbons (Fsp3) is 0.455. The third-order valence-electron chi connectivity index (χ3n) is 2.77. The van der Waals surface area contributed by atoms with E-state index in [1.54, 1.807) is 6.07 Å². The van der Waals surface area contributed by atoms with Crippen molar-refractivity contribution in [3.05, 3.63) is 23.9 Å². The molecule has 0 radical (unpaired) electrons. The lowest BCUT2D eigenvalue weighted by Crippen LogP contribution is -2.29. The molecule has 1 aliphatic rings. The second-order valence-electron chi connectivity index (χ2n) is 3.71. The van der Waals surface area contributed by atoms with Crippen molar-refractivity contribution in [3.63, 3.8) is 0 Å². The number of hydrogen-bond acceptors (Lipinski definition) is 4. The first-order chi connectivity index (χ1) is 7.33. The van der Waals surface area contributed by atoms with Crippen molar-refractivity contribution in [2.45, 2.75) is 12.5 Å². The molecular formula is C11H14N4. The lowest BCUT2D eigenvalue weighted by atomic mass is 10.3. The topological polar surface area (TPSA) is 52.0 Å². The van der Waals surface area contributed by atoms with Gasteiger partial charge in [-0.2, -0.15) is 5.26 Å². The lowest BCUT2D eigenvalue weighted by Gasteiger charge is -2.17. The monoisotopic (exact) mass is 202 g/mol. The van der Waals surface area contributed by atoms with Crippen LogP contribution in [0.25, 0.3) is 0 Å². The van der Waals surface area contributed by atoms with Crippen molar-refractivity contribution >= 4 is 5.82 Å². The summed E-state index contributed by atoms with van der Waals surface area (Å²) in [5.74, 6) is 0.909. The fourth-order valence-corrected chi connectivity index (χ4v) is 1.87. The lowest BCUT2D eigenvalue weighted by molar-refractivity contribution is 0.616. The van der Waals surface area contributed by atoms with E-state index in [0.717, 1.165) is 25.3 Å². The Morgan fingerprint density at radius 3 is 3.13 bits per heavy atom. The first-order valence-corrected chi connectivity index (χ1v) is 5.13. The van der Waals surface area contributed by atoms with Crippen LogP contribution in [0.3, 0.4) is 0 Å². The van der Waals surface area contributed by atoms with E-state index in [1.807, 2.05) is 19.2 Å². The number of pyridine rings is 1. The Hall–Kier alpha value is -1.60. The second-order valence-corrected chi connectivity index (χ2v) is 3.71. The number of likely N-dealkylation sites (N-methyl/N-ethyl adjacent to an activating group) is 1. The van der Waals surface area contributed by atoms with E-state index in [0.29, 0.717) is 11.7 Å². The van der Waals surface area contributed by atoms with Gasteiger partial charge >= 0.3 is 0 Å². The number of hydrogen-bond donors (Lipinski definition) is 1. The maximum atomic E-state index is 8.76. The van der Waals surface area contributed by atoms with Gasteiger partial charge in [0.2, 0.25) is 0 Å². The van der Waals surface area contributed by atoms with E-state index in [9.17, 15) is 0 Å². The highest BCUT2D eigenvalue weighted by Gasteiger charge is 2.21. The minimum atomic E-state index is 0.486. The van der Waals surface area contributed by atoms with Crippen LogP contribution in [0.1, 0.15) is 12.1 Å². The number of anilines is 1. The molecule has 2 rings (SSSR count). The molecule has 1 aliphatic heterocycles. The molecule has 1 aromatic rings. The van der Waals surface area contributed by atoms with Crippen molar-refractivity contribution in [1.29, 1.82) is 5.26 Å². The smallest absolute Gasteiger partial charge is 0.142 e. The number of nitriles is 1. The van der Waals surface area contributed by atoms with Gasteiger partial charge < -0.3 is 10.2 Å². The molecule has 1 aromatic heterocycles. The van der Waals surface area contributed by atoms with E-state index in [1.165, 1.54) is 0 Å². The number of nitrogens with zero attached hydrogens (tertiary/aromatic N) is 3. The summed E-state index contributed by atoms with van der Waals surface area (Å²) in [6, 6.07) is 8.17. The predicted octanol–water partition coefficient (Wildman–Crippen LogP) is 0.751. The summed E-state index contributed by atoms with van der Waals surface area (Å²) in [6.07, 6.45) is 1.13. The summed E-state index contributed by atoms with van der Waals surface area (Å²) in [6.45, 7) is 1.98. The Kier molecular flexibility index (Phi) is 2.84. The highest BCUT2D eigenvalue weighted by atomic mass is 15.2. The van der Waals surface area contributed by atoms with Crippen LogP contribution in [0.4, 0.5) is 5.82 Å². The molecule has 0 saturated carbocycles. The molecule has 2 heterocycles. The van der Waals surface area contributed by atoms with Crippen LogP contribution in [-0.2, 0) is 0 Å². The van der Waals surface area contributed by atoms with Crippen molar-refractivity contribution < 1.29 is 0 Å². The molecule has 0 amide bonds. The Labute approximate surface area is 89.5 Å². The van der Waals surface area contributed by atoms with Crippen LogP contribution in [0, 0.1) is 11.3 Å². The highest BCUT2D eigenvalue weighted by Crippen LogP contribution is 2.17. The zero-order valence-electron chi connectivity index (χ0n) is 8.77. The van der Waals surface area contributed by atoms with Gasteiger partial charge in [0.1, 0.15) is 17.6 Å². The van der Waals surface area contributed by atoms with E-state index in [-0.39, 0.29) is 0 Å². The summed E-state index contributed by atoms with van der Waals surface area (Å²) in [7, 11) is 1.98. The van der Waals surface area contributed by atoms with Gasteiger partial charge in [-0.05, 0) is 25.6 Å². The number of rotatable bonds is 2. The summed E-state index contributed by atoms with van der Waals surface area (Å²) in [5, 5.41) is 12.0. The average Bonchev–Trinajstić information content (AvgIpc) is 2.78. The molecule has 0 spiro atoms. The summed E-state index contributed by atoms with van der Waals surface area (Å²) < 4.78 is 0. The van der Waals surface area contributed by atoms with Crippen LogP contribution in [0.5, 0.6) is 0 Å². The molecule has 15 heavy (non-hydrogen) atoms. The SMILES string of the molecule is CNC1CCN(c2cccc(C#N)n2)C1. The molecule has 78 valence electrons. The van der Waals surface area contributed by atoms with Crippen LogP contribution in [0.2, 0.25) is 0 Å². The van der Waals surface area contributed by atoms with Crippen LogP contribution in [-0.4, -0.2) is 31.2 Å². The molecule has 1 fully saturated rings. The molecular weight excluding hydrogens is 188 g/mol. The standard InChI is InChI=1S/C11H14N4/c1-13-10-5-6-15(8-10)11-4-2-3-9(7-12)14-11/h2-4,10,13H,5-6,8H2,1H3.